The lowest BCUT2D eigenvalue weighted by Crippen LogP contribution is -1.85. The van der Waals surface area contributed by atoms with Crippen molar-refractivity contribution < 1.29 is 14.7 Å². The van der Waals surface area contributed by atoms with E-state index < -0.39 is 19.6 Å². The molecule has 0 aromatic carbocycles. The van der Waals surface area contributed by atoms with Crippen molar-refractivity contribution in [2.45, 2.75) is 84.3 Å². The molecule has 0 aromatic rings. The second-order valence-electron chi connectivity index (χ2n) is 4.83. The van der Waals surface area contributed by atoms with Gasteiger partial charge >= 0.3 is 0 Å². The maximum Gasteiger partial charge on any atom is 0.0431 e. The topological polar surface area (TPSA) is 20.2 Å². The monoisotopic (exact) mass is 261 g/mol. The molecule has 0 radical (unpaired) electrons. The molecule has 18 heavy (non-hydrogen) atoms. The highest BCUT2D eigenvalue weighted by Gasteiger charge is 1.92. The second kappa shape index (κ2) is 14.8. The van der Waals surface area contributed by atoms with Crippen LogP contribution in [-0.2, 0) is 0 Å². The standard InChI is InChI=1S/C17H34O/c1-17(2)15-13-11-9-7-5-3-4-6-8-10-12-14-16-18/h7,9,17-18H,3-6,8,10-16H2,1-2H3/b9-7-/i1D3,2D3,17D. The number of aliphatic hydroxyl groups excluding tert-OH is 1. The first-order chi connectivity index (χ1) is 11.6. The van der Waals surface area contributed by atoms with Gasteiger partial charge in [0.1, 0.15) is 0 Å². The van der Waals surface area contributed by atoms with Crippen LogP contribution in [0.3, 0.4) is 0 Å². The number of allylic oxidation sites excluding steroid dienone is 2. The molecule has 0 spiro atoms. The first kappa shape index (κ1) is 8.79. The molecule has 0 fully saturated rings. The quantitative estimate of drug-likeness (QED) is 0.344. The van der Waals surface area contributed by atoms with Gasteiger partial charge in [-0.2, -0.15) is 0 Å². The van der Waals surface area contributed by atoms with E-state index in [2.05, 4.69) is 6.08 Å². The molecule has 1 N–H and O–H groups in total. The molecule has 1 nitrogen and oxygen atoms in total. The molecular weight excluding hydrogens is 220 g/mol. The van der Waals surface area contributed by atoms with E-state index in [1.165, 1.54) is 25.7 Å². The van der Waals surface area contributed by atoms with Crippen LogP contribution in [0.4, 0.5) is 0 Å². The van der Waals surface area contributed by atoms with Gasteiger partial charge < -0.3 is 5.11 Å². The average Bonchev–Trinajstić information content (AvgIpc) is 2.49. The van der Waals surface area contributed by atoms with Crippen molar-refractivity contribution in [1.29, 1.82) is 0 Å². The van der Waals surface area contributed by atoms with E-state index in [0.29, 0.717) is 12.8 Å². The van der Waals surface area contributed by atoms with Gasteiger partial charge in [0.15, 0.2) is 0 Å². The van der Waals surface area contributed by atoms with Crippen LogP contribution in [-0.4, -0.2) is 11.7 Å². The Kier molecular flexibility index (Phi) is 7.21. The van der Waals surface area contributed by atoms with Gasteiger partial charge in [0.05, 0.1) is 0 Å². The van der Waals surface area contributed by atoms with Crippen LogP contribution >= 0.6 is 0 Å². The summed E-state index contributed by atoms with van der Waals surface area (Å²) in [7, 11) is 0. The Balaban J connectivity index is 3.84. The maximum absolute atomic E-state index is 8.68. The molecule has 1 heteroatoms. The van der Waals surface area contributed by atoms with Crippen molar-refractivity contribution in [3.8, 4) is 0 Å². The number of rotatable bonds is 13. The third-order valence-corrected chi connectivity index (χ3v) is 2.99. The van der Waals surface area contributed by atoms with Gasteiger partial charge in [-0.25, -0.2) is 0 Å². The lowest BCUT2D eigenvalue weighted by atomic mass is 10.1. The molecular formula is C17H34O. The molecule has 0 bridgehead atoms. The van der Waals surface area contributed by atoms with E-state index in [1.54, 1.807) is 0 Å². The van der Waals surface area contributed by atoms with Gasteiger partial charge in [-0.1, -0.05) is 64.4 Å². The first-order valence-corrected chi connectivity index (χ1v) is 7.32. The van der Waals surface area contributed by atoms with Gasteiger partial charge in [0, 0.05) is 16.2 Å². The van der Waals surface area contributed by atoms with Crippen molar-refractivity contribution in [1.82, 2.24) is 0 Å². The minimum atomic E-state index is -2.81. The Labute approximate surface area is 125 Å². The molecule has 0 aliphatic rings. The summed E-state index contributed by atoms with van der Waals surface area (Å²) in [6.07, 6.45) is 13.7. The summed E-state index contributed by atoms with van der Waals surface area (Å²) in [5, 5.41) is 8.68. The molecule has 0 unspecified atom stereocenters. The lowest BCUT2D eigenvalue weighted by Gasteiger charge is -2.01. The summed E-state index contributed by atoms with van der Waals surface area (Å²) < 4.78 is 52.1. The third-order valence-electron chi connectivity index (χ3n) is 2.99. The van der Waals surface area contributed by atoms with Crippen molar-refractivity contribution in [2.75, 3.05) is 6.61 Å². The zero-order valence-electron chi connectivity index (χ0n) is 18.6. The number of hydrogen-bond donors (Lipinski definition) is 1. The van der Waals surface area contributed by atoms with Gasteiger partial charge in [0.25, 0.3) is 0 Å². The van der Waals surface area contributed by atoms with Crippen LogP contribution in [0.1, 0.15) is 93.9 Å². The van der Waals surface area contributed by atoms with Gasteiger partial charge in [-0.15, -0.1) is 0 Å². The Hall–Kier alpha value is -0.300. The number of unbranched alkanes of at least 4 members (excludes halogenated alkanes) is 8. The van der Waals surface area contributed by atoms with Crippen molar-refractivity contribution >= 4 is 0 Å². The molecule has 0 rings (SSSR count). The van der Waals surface area contributed by atoms with Gasteiger partial charge in [-0.05, 0) is 38.0 Å². The van der Waals surface area contributed by atoms with Crippen molar-refractivity contribution in [3.05, 3.63) is 12.2 Å². The smallest absolute Gasteiger partial charge is 0.0431 e. The zero-order valence-corrected chi connectivity index (χ0v) is 11.6. The summed E-state index contributed by atoms with van der Waals surface area (Å²) in [6.45, 7) is -5.33. The molecule has 0 aliphatic carbocycles. The van der Waals surface area contributed by atoms with E-state index >= 15 is 0 Å². The van der Waals surface area contributed by atoms with Crippen LogP contribution < -0.4 is 0 Å². The van der Waals surface area contributed by atoms with Crippen molar-refractivity contribution in [2.24, 2.45) is 5.89 Å². The fraction of sp³-hybridized carbons (Fsp3) is 0.882. The van der Waals surface area contributed by atoms with E-state index in [9.17, 15) is 0 Å². The zero-order chi connectivity index (χ0) is 19.4. The predicted octanol–water partition coefficient (Wildman–Crippen LogP) is 5.48. The van der Waals surface area contributed by atoms with E-state index in [-0.39, 0.29) is 13.0 Å². The Morgan fingerprint density at radius 2 is 1.44 bits per heavy atom. The van der Waals surface area contributed by atoms with Crippen LogP contribution in [0.2, 0.25) is 0 Å². The summed E-state index contributed by atoms with van der Waals surface area (Å²) in [4.78, 5) is 0. The van der Waals surface area contributed by atoms with Gasteiger partial charge in [-0.3, -0.25) is 0 Å². The molecule has 0 saturated heterocycles. The van der Waals surface area contributed by atoms with Gasteiger partial charge in [0.2, 0.25) is 0 Å². The van der Waals surface area contributed by atoms with Crippen molar-refractivity contribution in [3.63, 3.8) is 0 Å². The van der Waals surface area contributed by atoms with E-state index in [0.717, 1.165) is 25.7 Å². The molecule has 0 aliphatic heterocycles. The van der Waals surface area contributed by atoms with Crippen LogP contribution in [0.5, 0.6) is 0 Å². The molecule has 0 saturated carbocycles. The molecule has 0 aromatic heterocycles. The van der Waals surface area contributed by atoms with E-state index in [1.807, 2.05) is 6.08 Å². The highest BCUT2D eigenvalue weighted by molar-refractivity contribution is 4.81. The third kappa shape index (κ3) is 15.7. The largest absolute Gasteiger partial charge is 0.396 e. The molecule has 108 valence electrons. The maximum atomic E-state index is 8.68. The summed E-state index contributed by atoms with van der Waals surface area (Å²) in [5.74, 6) is -2.39. The fourth-order valence-electron chi connectivity index (χ4n) is 1.89. The summed E-state index contributed by atoms with van der Waals surface area (Å²) >= 11 is 0. The SMILES string of the molecule is [2H]C([2H])([2H])C([2H])(CCC/C=C\CCCCCCCCCO)C([2H])([2H])[2H]. The average molecular weight is 262 g/mol. The fourth-order valence-corrected chi connectivity index (χ4v) is 1.89. The highest BCUT2D eigenvalue weighted by Crippen LogP contribution is 2.10. The number of aliphatic hydroxyl groups is 1. The Bertz CT molecular complexity index is 347. The lowest BCUT2D eigenvalue weighted by molar-refractivity contribution is 0.282. The normalized spacial score (nSPS) is 19.5. The minimum absolute atomic E-state index is 0.155. The Morgan fingerprint density at radius 1 is 0.889 bits per heavy atom. The first-order valence-electron chi connectivity index (χ1n) is 10.8. The minimum Gasteiger partial charge on any atom is -0.396 e. The van der Waals surface area contributed by atoms with Crippen LogP contribution in [0.25, 0.3) is 0 Å². The van der Waals surface area contributed by atoms with Crippen LogP contribution in [0, 0.1) is 5.89 Å². The predicted molar refractivity (Wildman–Crippen MR) is 81.9 cm³/mol. The second-order valence-corrected chi connectivity index (χ2v) is 4.83. The highest BCUT2D eigenvalue weighted by atomic mass is 16.2. The Morgan fingerprint density at radius 3 is 2.06 bits per heavy atom. The summed E-state index contributed by atoms with van der Waals surface area (Å²) in [5.41, 5.74) is 0. The molecule has 0 amide bonds. The number of hydrogen-bond acceptors (Lipinski definition) is 1. The molecule has 0 heterocycles. The van der Waals surface area contributed by atoms with Crippen LogP contribution in [0.15, 0.2) is 12.2 Å². The molecule has 0 atom stereocenters. The van der Waals surface area contributed by atoms with E-state index in [4.69, 9.17) is 14.7 Å². The summed E-state index contributed by atoms with van der Waals surface area (Å²) in [6, 6.07) is 0.